The lowest BCUT2D eigenvalue weighted by atomic mass is 10.1. The van der Waals surface area contributed by atoms with Crippen LogP contribution in [0.1, 0.15) is 13.8 Å². The molecule has 1 heterocycles. The Labute approximate surface area is 103 Å². The highest BCUT2D eigenvalue weighted by atomic mass is 79.9. The second kappa shape index (κ2) is 4.66. The van der Waals surface area contributed by atoms with Crippen LogP contribution in [0.5, 0.6) is 0 Å². The molecule has 0 aliphatic rings. The summed E-state index contributed by atoms with van der Waals surface area (Å²) in [7, 11) is 1.78. The molecule has 0 aliphatic heterocycles. The lowest BCUT2D eigenvalue weighted by Gasteiger charge is -2.34. The summed E-state index contributed by atoms with van der Waals surface area (Å²) >= 11 is 8.99. The van der Waals surface area contributed by atoms with Crippen LogP contribution < -0.4 is 4.90 Å². The summed E-state index contributed by atoms with van der Waals surface area (Å²) in [5.74, 6) is 0.356. The van der Waals surface area contributed by atoms with Gasteiger partial charge in [-0.2, -0.15) is 0 Å². The van der Waals surface area contributed by atoms with Crippen LogP contribution >= 0.6 is 27.5 Å². The zero-order valence-electron chi connectivity index (χ0n) is 8.89. The average Bonchev–Trinajstić information content (AvgIpc) is 2.17. The number of nitrogens with zero attached hydrogens (tertiary/aromatic N) is 2. The molecule has 1 aromatic rings. The summed E-state index contributed by atoms with van der Waals surface area (Å²) < 4.78 is 14.2. The van der Waals surface area contributed by atoms with Crippen LogP contribution in [0.2, 0.25) is 0 Å². The second-order valence-electron chi connectivity index (χ2n) is 3.96. The molecule has 2 nitrogen and oxygen atoms in total. The van der Waals surface area contributed by atoms with Gasteiger partial charge in [0, 0.05) is 29.1 Å². The predicted octanol–water partition coefficient (Wildman–Crippen LogP) is 3.44. The molecular weight excluding hydrogens is 282 g/mol. The van der Waals surface area contributed by atoms with Gasteiger partial charge in [0.05, 0.1) is 0 Å². The van der Waals surface area contributed by atoms with Gasteiger partial charge in [-0.3, -0.25) is 0 Å². The van der Waals surface area contributed by atoms with E-state index >= 15 is 0 Å². The number of hydrogen-bond donors (Lipinski definition) is 0. The fourth-order valence-electron chi connectivity index (χ4n) is 1.03. The Morgan fingerprint density at radius 1 is 1.60 bits per heavy atom. The molecule has 5 heteroatoms. The van der Waals surface area contributed by atoms with Crippen molar-refractivity contribution in [1.29, 1.82) is 0 Å². The third-order valence-corrected chi connectivity index (χ3v) is 3.43. The first-order valence-electron chi connectivity index (χ1n) is 4.49. The van der Waals surface area contributed by atoms with E-state index in [2.05, 4.69) is 20.9 Å². The third-order valence-electron chi connectivity index (χ3n) is 2.34. The maximum atomic E-state index is 13.6. The van der Waals surface area contributed by atoms with E-state index in [4.69, 9.17) is 11.6 Å². The van der Waals surface area contributed by atoms with E-state index in [1.807, 2.05) is 13.8 Å². The molecule has 0 atom stereocenters. The Bertz CT molecular complexity index is 357. The van der Waals surface area contributed by atoms with E-state index in [-0.39, 0.29) is 11.4 Å². The lowest BCUT2D eigenvalue weighted by molar-refractivity contribution is 0.520. The Hall–Kier alpha value is -0.350. The number of aromatic nitrogens is 1. The highest BCUT2D eigenvalue weighted by Crippen LogP contribution is 2.25. The summed E-state index contributed by atoms with van der Waals surface area (Å²) in [5, 5.41) is 0. The number of alkyl halides is 1. The van der Waals surface area contributed by atoms with Crippen molar-refractivity contribution >= 4 is 33.3 Å². The normalized spacial score (nSPS) is 11.6. The van der Waals surface area contributed by atoms with Crippen LogP contribution in [-0.2, 0) is 0 Å². The molecule has 0 N–H and O–H groups in total. The van der Waals surface area contributed by atoms with Crippen LogP contribution in [0.15, 0.2) is 16.7 Å². The molecule has 0 saturated carbocycles. The minimum absolute atomic E-state index is 0.309. The number of halogens is 3. The van der Waals surface area contributed by atoms with Gasteiger partial charge in [-0.05, 0) is 35.8 Å². The molecule has 0 saturated heterocycles. The van der Waals surface area contributed by atoms with Crippen molar-refractivity contribution in [2.75, 3.05) is 17.8 Å². The number of rotatable bonds is 3. The Morgan fingerprint density at radius 2 is 2.20 bits per heavy atom. The topological polar surface area (TPSA) is 16.1 Å². The van der Waals surface area contributed by atoms with E-state index in [1.54, 1.807) is 18.1 Å². The summed E-state index contributed by atoms with van der Waals surface area (Å²) in [6.45, 7) is 3.87. The fraction of sp³-hybridized carbons (Fsp3) is 0.500. The first-order chi connectivity index (χ1) is 6.88. The Balaban J connectivity index is 3.06. The molecule has 15 heavy (non-hydrogen) atoms. The van der Waals surface area contributed by atoms with Crippen molar-refractivity contribution in [3.05, 3.63) is 22.6 Å². The van der Waals surface area contributed by atoms with Crippen LogP contribution in [0.4, 0.5) is 10.2 Å². The second-order valence-corrected chi connectivity index (χ2v) is 5.15. The van der Waals surface area contributed by atoms with Crippen LogP contribution in [-0.4, -0.2) is 23.5 Å². The molecule has 0 aromatic carbocycles. The van der Waals surface area contributed by atoms with Crippen LogP contribution in [0, 0.1) is 5.82 Å². The van der Waals surface area contributed by atoms with Gasteiger partial charge < -0.3 is 4.90 Å². The zero-order valence-corrected chi connectivity index (χ0v) is 11.2. The van der Waals surface area contributed by atoms with Crippen molar-refractivity contribution in [3.63, 3.8) is 0 Å². The predicted molar refractivity (Wildman–Crippen MR) is 65.1 cm³/mol. The lowest BCUT2D eigenvalue weighted by Crippen LogP contribution is -2.43. The van der Waals surface area contributed by atoms with E-state index < -0.39 is 0 Å². The standard InChI is InChI=1S/C10H13BrClFN2/c1-10(2,6-12)15(3)9-8(13)4-7(11)5-14-9/h4-5H,6H2,1-3H3. The summed E-state index contributed by atoms with van der Waals surface area (Å²) in [5.41, 5.74) is -0.330. The maximum Gasteiger partial charge on any atom is 0.166 e. The first kappa shape index (κ1) is 12.7. The molecule has 1 rings (SSSR count). The van der Waals surface area contributed by atoms with Crippen molar-refractivity contribution in [1.82, 2.24) is 4.98 Å². The van der Waals surface area contributed by atoms with Gasteiger partial charge in [0.25, 0.3) is 0 Å². The molecule has 0 spiro atoms. The van der Waals surface area contributed by atoms with Gasteiger partial charge in [0.15, 0.2) is 11.6 Å². The summed E-state index contributed by atoms with van der Waals surface area (Å²) in [6, 6.07) is 1.39. The maximum absolute atomic E-state index is 13.6. The van der Waals surface area contributed by atoms with E-state index in [0.29, 0.717) is 16.2 Å². The quantitative estimate of drug-likeness (QED) is 0.794. The van der Waals surface area contributed by atoms with E-state index in [0.717, 1.165) is 0 Å². The SMILES string of the molecule is CN(c1ncc(Br)cc1F)C(C)(C)CCl. The molecule has 0 aliphatic carbocycles. The Morgan fingerprint density at radius 3 is 2.67 bits per heavy atom. The molecule has 0 radical (unpaired) electrons. The van der Waals surface area contributed by atoms with Crippen LogP contribution in [0.25, 0.3) is 0 Å². The van der Waals surface area contributed by atoms with Gasteiger partial charge in [0.2, 0.25) is 0 Å². The molecular formula is C10H13BrClFN2. The fourth-order valence-corrected chi connectivity index (χ4v) is 1.51. The van der Waals surface area contributed by atoms with Crippen molar-refractivity contribution in [3.8, 4) is 0 Å². The average molecular weight is 296 g/mol. The van der Waals surface area contributed by atoms with Gasteiger partial charge >= 0.3 is 0 Å². The smallest absolute Gasteiger partial charge is 0.166 e. The third kappa shape index (κ3) is 2.82. The minimum Gasteiger partial charge on any atom is -0.351 e. The number of anilines is 1. The van der Waals surface area contributed by atoms with E-state index in [9.17, 15) is 4.39 Å². The summed E-state index contributed by atoms with van der Waals surface area (Å²) in [6.07, 6.45) is 1.57. The first-order valence-corrected chi connectivity index (χ1v) is 5.82. The van der Waals surface area contributed by atoms with Crippen molar-refractivity contribution < 1.29 is 4.39 Å². The number of pyridine rings is 1. The molecule has 0 bridgehead atoms. The minimum atomic E-state index is -0.356. The highest BCUT2D eigenvalue weighted by Gasteiger charge is 2.25. The van der Waals surface area contributed by atoms with E-state index in [1.165, 1.54) is 6.07 Å². The molecule has 0 amide bonds. The highest BCUT2D eigenvalue weighted by molar-refractivity contribution is 9.10. The molecule has 1 aromatic heterocycles. The van der Waals surface area contributed by atoms with Gasteiger partial charge in [-0.25, -0.2) is 9.37 Å². The monoisotopic (exact) mass is 294 g/mol. The summed E-state index contributed by atoms with van der Waals surface area (Å²) in [4.78, 5) is 5.78. The largest absolute Gasteiger partial charge is 0.351 e. The van der Waals surface area contributed by atoms with Crippen molar-refractivity contribution in [2.24, 2.45) is 0 Å². The van der Waals surface area contributed by atoms with Gasteiger partial charge in [-0.1, -0.05) is 0 Å². The van der Waals surface area contributed by atoms with Crippen LogP contribution in [0.3, 0.4) is 0 Å². The molecule has 84 valence electrons. The van der Waals surface area contributed by atoms with Gasteiger partial charge in [-0.15, -0.1) is 11.6 Å². The van der Waals surface area contributed by atoms with Gasteiger partial charge in [0.1, 0.15) is 0 Å². The zero-order chi connectivity index (χ0) is 11.6. The van der Waals surface area contributed by atoms with Crippen molar-refractivity contribution in [2.45, 2.75) is 19.4 Å². The molecule has 0 unspecified atom stereocenters. The molecule has 0 fully saturated rings. The number of hydrogen-bond acceptors (Lipinski definition) is 2. The Kier molecular flexibility index (Phi) is 3.95.